The minimum atomic E-state index is -0.676. The van der Waals surface area contributed by atoms with Crippen molar-refractivity contribution in [3.05, 3.63) is 51.9 Å². The summed E-state index contributed by atoms with van der Waals surface area (Å²) in [5, 5.41) is 11.6. The third kappa shape index (κ3) is 2.88. The molecule has 1 heterocycles. The third-order valence-electron chi connectivity index (χ3n) is 2.34. The Morgan fingerprint density at radius 2 is 1.89 bits per heavy atom. The van der Waals surface area contributed by atoms with E-state index in [9.17, 15) is 8.78 Å². The zero-order chi connectivity index (χ0) is 13.1. The molecule has 0 aliphatic rings. The maximum absolute atomic E-state index is 13.4. The Bertz CT molecular complexity index is 557. The van der Waals surface area contributed by atoms with Crippen LogP contribution in [0, 0.1) is 11.6 Å². The summed E-state index contributed by atoms with van der Waals surface area (Å²) in [6, 6.07) is 5.43. The SMILES string of the molecule is OCc1ccc(CNc2cc(Br)c(F)cc2F)o1. The monoisotopic (exact) mass is 317 g/mol. The van der Waals surface area contributed by atoms with Gasteiger partial charge < -0.3 is 14.8 Å². The molecule has 6 heteroatoms. The van der Waals surface area contributed by atoms with Gasteiger partial charge in [0, 0.05) is 6.07 Å². The highest BCUT2D eigenvalue weighted by atomic mass is 79.9. The highest BCUT2D eigenvalue weighted by Crippen LogP contribution is 2.24. The fourth-order valence-corrected chi connectivity index (χ4v) is 1.79. The van der Waals surface area contributed by atoms with E-state index in [1.54, 1.807) is 12.1 Å². The lowest BCUT2D eigenvalue weighted by Crippen LogP contribution is -2.01. The van der Waals surface area contributed by atoms with Gasteiger partial charge in [0.1, 0.15) is 29.8 Å². The van der Waals surface area contributed by atoms with Crippen LogP contribution in [-0.2, 0) is 13.2 Å². The van der Waals surface area contributed by atoms with Crippen molar-refractivity contribution in [1.82, 2.24) is 0 Å². The molecule has 0 aliphatic carbocycles. The summed E-state index contributed by atoms with van der Waals surface area (Å²) in [6.07, 6.45) is 0. The Labute approximate surface area is 111 Å². The Morgan fingerprint density at radius 1 is 1.17 bits per heavy atom. The number of aliphatic hydroxyl groups excluding tert-OH is 1. The van der Waals surface area contributed by atoms with Crippen molar-refractivity contribution in [1.29, 1.82) is 0 Å². The molecule has 2 rings (SSSR count). The number of anilines is 1. The van der Waals surface area contributed by atoms with Gasteiger partial charge in [0.15, 0.2) is 0 Å². The van der Waals surface area contributed by atoms with Crippen molar-refractivity contribution in [3.8, 4) is 0 Å². The molecular weight excluding hydrogens is 308 g/mol. The van der Waals surface area contributed by atoms with Crippen molar-refractivity contribution in [2.45, 2.75) is 13.2 Å². The molecule has 2 N–H and O–H groups in total. The lowest BCUT2D eigenvalue weighted by molar-refractivity contribution is 0.244. The first-order valence-electron chi connectivity index (χ1n) is 5.17. The number of aliphatic hydroxyl groups is 1. The molecule has 3 nitrogen and oxygen atoms in total. The number of rotatable bonds is 4. The molecule has 0 atom stereocenters. The summed E-state index contributed by atoms with van der Waals surface area (Å²) < 4.78 is 31.8. The van der Waals surface area contributed by atoms with Crippen LogP contribution in [0.5, 0.6) is 0 Å². The molecule has 1 aromatic heterocycles. The van der Waals surface area contributed by atoms with Crippen LogP contribution in [0.25, 0.3) is 0 Å². The van der Waals surface area contributed by atoms with Gasteiger partial charge in [0.2, 0.25) is 0 Å². The molecule has 0 radical (unpaired) electrons. The van der Waals surface area contributed by atoms with Crippen LogP contribution in [0.15, 0.2) is 33.2 Å². The molecule has 0 spiro atoms. The fraction of sp³-hybridized carbons (Fsp3) is 0.167. The van der Waals surface area contributed by atoms with Crippen molar-refractivity contribution >= 4 is 21.6 Å². The first-order valence-corrected chi connectivity index (χ1v) is 5.96. The molecule has 0 saturated heterocycles. The van der Waals surface area contributed by atoms with Gasteiger partial charge in [-0.2, -0.15) is 0 Å². The predicted molar refractivity (Wildman–Crippen MR) is 66.0 cm³/mol. The Kier molecular flexibility index (Phi) is 3.98. The number of hydrogen-bond donors (Lipinski definition) is 2. The lowest BCUT2D eigenvalue weighted by Gasteiger charge is -2.07. The molecule has 0 unspecified atom stereocenters. The van der Waals surface area contributed by atoms with Crippen LogP contribution >= 0.6 is 15.9 Å². The van der Waals surface area contributed by atoms with E-state index in [0.29, 0.717) is 11.5 Å². The zero-order valence-electron chi connectivity index (χ0n) is 9.21. The highest BCUT2D eigenvalue weighted by Gasteiger charge is 2.08. The predicted octanol–water partition coefficient (Wildman–Crippen LogP) is 3.42. The average Bonchev–Trinajstić information content (AvgIpc) is 2.80. The van der Waals surface area contributed by atoms with Crippen molar-refractivity contribution in [2.24, 2.45) is 0 Å². The Balaban J connectivity index is 2.08. The summed E-state index contributed by atoms with van der Waals surface area (Å²) in [4.78, 5) is 0. The third-order valence-corrected chi connectivity index (χ3v) is 2.94. The van der Waals surface area contributed by atoms with Gasteiger partial charge in [-0.3, -0.25) is 0 Å². The normalized spacial score (nSPS) is 10.7. The average molecular weight is 318 g/mol. The van der Waals surface area contributed by atoms with Crippen molar-refractivity contribution < 1.29 is 18.3 Å². The van der Waals surface area contributed by atoms with Crippen LogP contribution < -0.4 is 5.32 Å². The number of benzene rings is 1. The minimum Gasteiger partial charge on any atom is -0.462 e. The quantitative estimate of drug-likeness (QED) is 0.849. The molecule has 0 bridgehead atoms. The fourth-order valence-electron chi connectivity index (χ4n) is 1.44. The van der Waals surface area contributed by atoms with E-state index in [4.69, 9.17) is 9.52 Å². The smallest absolute Gasteiger partial charge is 0.149 e. The summed E-state index contributed by atoms with van der Waals surface area (Å²) in [7, 11) is 0. The topological polar surface area (TPSA) is 45.4 Å². The molecule has 0 amide bonds. The number of halogens is 3. The van der Waals surface area contributed by atoms with Gasteiger partial charge in [-0.05, 0) is 34.1 Å². The second-order valence-corrected chi connectivity index (χ2v) is 4.48. The van der Waals surface area contributed by atoms with Gasteiger partial charge in [-0.25, -0.2) is 8.78 Å². The van der Waals surface area contributed by atoms with Crippen LogP contribution in [0.2, 0.25) is 0 Å². The summed E-state index contributed by atoms with van der Waals surface area (Å²) in [5.74, 6) is -0.338. The maximum Gasteiger partial charge on any atom is 0.149 e. The highest BCUT2D eigenvalue weighted by molar-refractivity contribution is 9.10. The molecule has 0 saturated carbocycles. The van der Waals surface area contributed by atoms with Crippen molar-refractivity contribution in [2.75, 3.05) is 5.32 Å². The molecular formula is C12H10BrF2NO2. The van der Waals surface area contributed by atoms with E-state index in [0.717, 1.165) is 6.07 Å². The molecule has 2 aromatic rings. The van der Waals surface area contributed by atoms with E-state index >= 15 is 0 Å². The van der Waals surface area contributed by atoms with Crippen LogP contribution in [0.3, 0.4) is 0 Å². The van der Waals surface area contributed by atoms with Gasteiger partial charge in [-0.15, -0.1) is 0 Å². The van der Waals surface area contributed by atoms with Gasteiger partial charge in [-0.1, -0.05) is 0 Å². The number of furan rings is 1. The van der Waals surface area contributed by atoms with Crippen LogP contribution in [0.4, 0.5) is 14.5 Å². The first kappa shape index (κ1) is 13.0. The van der Waals surface area contributed by atoms with E-state index in [1.165, 1.54) is 6.07 Å². The number of hydrogen-bond acceptors (Lipinski definition) is 3. The standard InChI is InChI=1S/C12H10BrF2NO2/c13-9-3-12(11(15)4-10(9)14)16-5-7-1-2-8(6-17)18-7/h1-4,16-17H,5-6H2. The van der Waals surface area contributed by atoms with Crippen molar-refractivity contribution in [3.63, 3.8) is 0 Å². The molecule has 18 heavy (non-hydrogen) atoms. The van der Waals surface area contributed by atoms with Gasteiger partial charge in [0.25, 0.3) is 0 Å². The summed E-state index contributed by atoms with van der Waals surface area (Å²) in [5.41, 5.74) is 0.172. The maximum atomic E-state index is 13.4. The Hall–Kier alpha value is -1.40. The molecule has 0 aliphatic heterocycles. The van der Waals surface area contributed by atoms with Gasteiger partial charge in [0.05, 0.1) is 16.7 Å². The second kappa shape index (κ2) is 5.49. The zero-order valence-corrected chi connectivity index (χ0v) is 10.8. The van der Waals surface area contributed by atoms with Crippen LogP contribution in [-0.4, -0.2) is 5.11 Å². The summed E-state index contributed by atoms with van der Waals surface area (Å²) in [6.45, 7) is 0.0610. The first-order chi connectivity index (χ1) is 8.60. The van der Waals surface area contributed by atoms with E-state index in [1.807, 2.05) is 0 Å². The number of nitrogens with one attached hydrogen (secondary N) is 1. The molecule has 96 valence electrons. The minimum absolute atomic E-state index is 0.172. The largest absolute Gasteiger partial charge is 0.462 e. The van der Waals surface area contributed by atoms with Gasteiger partial charge >= 0.3 is 0 Å². The summed E-state index contributed by atoms with van der Waals surface area (Å²) >= 11 is 2.98. The van der Waals surface area contributed by atoms with E-state index in [-0.39, 0.29) is 23.3 Å². The lowest BCUT2D eigenvalue weighted by atomic mass is 10.3. The van der Waals surface area contributed by atoms with E-state index in [2.05, 4.69) is 21.2 Å². The van der Waals surface area contributed by atoms with E-state index < -0.39 is 11.6 Å². The second-order valence-electron chi connectivity index (χ2n) is 3.63. The molecule has 1 aromatic carbocycles. The molecule has 0 fully saturated rings. The Morgan fingerprint density at radius 3 is 2.56 bits per heavy atom. The van der Waals surface area contributed by atoms with Crippen LogP contribution in [0.1, 0.15) is 11.5 Å².